The van der Waals surface area contributed by atoms with Gasteiger partial charge in [0.05, 0.1) is 17.8 Å². The van der Waals surface area contributed by atoms with E-state index in [0.29, 0.717) is 30.3 Å². The van der Waals surface area contributed by atoms with Crippen molar-refractivity contribution in [3.05, 3.63) is 58.7 Å². The minimum atomic E-state index is -0.0747. The average molecular weight is 395 g/mol. The number of aryl methyl sites for hydroxylation is 2. The van der Waals surface area contributed by atoms with Crippen molar-refractivity contribution in [3.63, 3.8) is 0 Å². The maximum atomic E-state index is 12.3. The van der Waals surface area contributed by atoms with E-state index in [1.54, 1.807) is 15.9 Å². The first-order valence-corrected chi connectivity index (χ1v) is 10.1. The molecule has 1 amide bonds. The Labute approximate surface area is 166 Å². The van der Waals surface area contributed by atoms with Crippen molar-refractivity contribution in [2.45, 2.75) is 33.1 Å². The molecule has 144 valence electrons. The maximum absolute atomic E-state index is 12.3. The Bertz CT molecular complexity index is 1090. The summed E-state index contributed by atoms with van der Waals surface area (Å²) in [5, 5.41) is 9.13. The number of amides is 1. The Balaban J connectivity index is 1.35. The summed E-state index contributed by atoms with van der Waals surface area (Å²) in [4.78, 5) is 21.8. The molecule has 0 radical (unpaired) electrons. The molecular formula is C20H21N5O2S. The summed E-state index contributed by atoms with van der Waals surface area (Å²) in [5.74, 6) is 1.15. The molecule has 0 bridgehead atoms. The Morgan fingerprint density at radius 2 is 2.11 bits per heavy atom. The van der Waals surface area contributed by atoms with Crippen molar-refractivity contribution in [1.29, 1.82) is 0 Å². The van der Waals surface area contributed by atoms with E-state index in [1.165, 1.54) is 11.9 Å². The first kappa shape index (κ1) is 18.4. The molecule has 0 fully saturated rings. The van der Waals surface area contributed by atoms with Crippen LogP contribution in [0.2, 0.25) is 0 Å². The number of benzene rings is 1. The summed E-state index contributed by atoms with van der Waals surface area (Å²) >= 11 is 1.54. The minimum absolute atomic E-state index is 0.0747. The molecule has 8 heteroatoms. The zero-order valence-corrected chi connectivity index (χ0v) is 16.6. The van der Waals surface area contributed by atoms with Crippen LogP contribution in [0.5, 0.6) is 0 Å². The van der Waals surface area contributed by atoms with Crippen molar-refractivity contribution in [1.82, 2.24) is 24.9 Å². The van der Waals surface area contributed by atoms with Crippen LogP contribution < -0.4 is 5.32 Å². The number of hydrogen-bond acceptors (Lipinski definition) is 6. The number of carbonyl (C=O) groups is 1. The molecule has 28 heavy (non-hydrogen) atoms. The third-order valence-electron chi connectivity index (χ3n) is 4.62. The van der Waals surface area contributed by atoms with Gasteiger partial charge < -0.3 is 9.73 Å². The first-order chi connectivity index (χ1) is 13.6. The van der Waals surface area contributed by atoms with Crippen LogP contribution in [0.1, 0.15) is 29.6 Å². The predicted octanol–water partition coefficient (Wildman–Crippen LogP) is 3.22. The number of rotatable bonds is 7. The second-order valence-electron chi connectivity index (χ2n) is 6.53. The highest BCUT2D eigenvalue weighted by Crippen LogP contribution is 2.22. The lowest BCUT2D eigenvalue weighted by molar-refractivity contribution is -0.120. The second kappa shape index (κ2) is 7.93. The van der Waals surface area contributed by atoms with Crippen LogP contribution in [0.25, 0.3) is 16.4 Å². The van der Waals surface area contributed by atoms with Gasteiger partial charge in [-0.3, -0.25) is 4.79 Å². The molecule has 3 aromatic heterocycles. The lowest BCUT2D eigenvalue weighted by atomic mass is 10.1. The highest BCUT2D eigenvalue weighted by Gasteiger charge is 2.15. The van der Waals surface area contributed by atoms with Gasteiger partial charge in [0.1, 0.15) is 12.1 Å². The molecule has 0 aliphatic heterocycles. The number of nitrogens with one attached hydrogen (secondary N) is 1. The molecule has 0 unspecified atom stereocenters. The van der Waals surface area contributed by atoms with E-state index in [4.69, 9.17) is 4.42 Å². The largest absolute Gasteiger partial charge is 0.441 e. The summed E-state index contributed by atoms with van der Waals surface area (Å²) in [6.07, 6.45) is 3.42. The lowest BCUT2D eigenvalue weighted by Crippen LogP contribution is -2.27. The van der Waals surface area contributed by atoms with Crippen LogP contribution in [0.3, 0.4) is 0 Å². The second-order valence-corrected chi connectivity index (χ2v) is 7.37. The molecule has 1 N–H and O–H groups in total. The van der Waals surface area contributed by atoms with E-state index >= 15 is 0 Å². The van der Waals surface area contributed by atoms with Gasteiger partial charge in [0.2, 0.25) is 16.8 Å². The summed E-state index contributed by atoms with van der Waals surface area (Å²) in [6, 6.07) is 8.13. The van der Waals surface area contributed by atoms with Crippen LogP contribution >= 0.6 is 11.3 Å². The number of nitrogens with zero attached hydrogens (tertiary/aromatic N) is 4. The van der Waals surface area contributed by atoms with Gasteiger partial charge in [-0.1, -0.05) is 19.1 Å². The van der Waals surface area contributed by atoms with E-state index < -0.39 is 0 Å². The lowest BCUT2D eigenvalue weighted by Gasteiger charge is -2.03. The summed E-state index contributed by atoms with van der Waals surface area (Å²) in [6.45, 7) is 4.49. The number of fused-ring (bicyclic) bond motifs is 1. The van der Waals surface area contributed by atoms with Crippen LogP contribution in [0.4, 0.5) is 0 Å². The van der Waals surface area contributed by atoms with Gasteiger partial charge in [0.25, 0.3) is 0 Å². The van der Waals surface area contributed by atoms with E-state index in [-0.39, 0.29) is 12.3 Å². The minimum Gasteiger partial charge on any atom is -0.441 e. The number of aromatic nitrogens is 4. The normalized spacial score (nSPS) is 11.2. The standard InChI is InChI=1S/C20H21N5O2S/c1-3-14-4-6-15(7-5-14)19-24-17(13(2)27-19)10-18(26)21-9-8-16-11-28-20-22-12-23-25(16)20/h4-7,11-12H,3,8-10H2,1-2H3,(H,21,26). The fraction of sp³-hybridized carbons (Fsp3) is 0.300. The van der Waals surface area contributed by atoms with Crippen LogP contribution in [0, 0.1) is 6.92 Å². The fourth-order valence-corrected chi connectivity index (χ4v) is 3.82. The molecule has 0 aliphatic carbocycles. The number of oxazole rings is 1. The number of hydrogen-bond donors (Lipinski definition) is 1. The van der Waals surface area contributed by atoms with Crippen LogP contribution in [0.15, 0.2) is 40.4 Å². The predicted molar refractivity (Wildman–Crippen MR) is 107 cm³/mol. The van der Waals surface area contributed by atoms with Crippen molar-refractivity contribution < 1.29 is 9.21 Å². The number of carbonyl (C=O) groups excluding carboxylic acids is 1. The molecule has 4 aromatic rings. The van der Waals surface area contributed by atoms with E-state index in [1.807, 2.05) is 24.4 Å². The topological polar surface area (TPSA) is 85.3 Å². The van der Waals surface area contributed by atoms with Gasteiger partial charge >= 0.3 is 0 Å². The van der Waals surface area contributed by atoms with E-state index in [9.17, 15) is 4.79 Å². The summed E-state index contributed by atoms with van der Waals surface area (Å²) < 4.78 is 7.57. The molecule has 3 heterocycles. The van der Waals surface area contributed by atoms with Crippen LogP contribution in [-0.4, -0.2) is 32.0 Å². The molecule has 0 saturated heterocycles. The molecule has 0 atom stereocenters. The molecular weight excluding hydrogens is 374 g/mol. The highest BCUT2D eigenvalue weighted by molar-refractivity contribution is 7.15. The van der Waals surface area contributed by atoms with Crippen molar-refractivity contribution in [2.24, 2.45) is 0 Å². The first-order valence-electron chi connectivity index (χ1n) is 9.22. The zero-order chi connectivity index (χ0) is 19.5. The quantitative estimate of drug-likeness (QED) is 0.519. The maximum Gasteiger partial charge on any atom is 0.226 e. The molecule has 0 saturated carbocycles. The molecule has 1 aromatic carbocycles. The summed E-state index contributed by atoms with van der Waals surface area (Å²) in [7, 11) is 0. The Kier molecular flexibility index (Phi) is 5.21. The van der Waals surface area contributed by atoms with E-state index in [2.05, 4.69) is 39.4 Å². The highest BCUT2D eigenvalue weighted by atomic mass is 32.1. The van der Waals surface area contributed by atoms with Crippen LogP contribution in [-0.2, 0) is 24.1 Å². The van der Waals surface area contributed by atoms with Gasteiger partial charge in [-0.05, 0) is 31.0 Å². The monoisotopic (exact) mass is 395 g/mol. The summed E-state index contributed by atoms with van der Waals surface area (Å²) in [5.41, 5.74) is 3.89. The zero-order valence-electron chi connectivity index (χ0n) is 15.8. The SMILES string of the molecule is CCc1ccc(-c2nc(CC(=O)NCCc3csc4ncnn34)c(C)o2)cc1. The third-order valence-corrected chi connectivity index (χ3v) is 5.50. The molecule has 7 nitrogen and oxygen atoms in total. The van der Waals surface area contributed by atoms with Gasteiger partial charge in [-0.2, -0.15) is 5.10 Å². The smallest absolute Gasteiger partial charge is 0.226 e. The Morgan fingerprint density at radius 3 is 2.89 bits per heavy atom. The third kappa shape index (κ3) is 3.82. The fourth-order valence-electron chi connectivity index (χ4n) is 2.99. The molecule has 0 spiro atoms. The Hall–Kier alpha value is -3.00. The van der Waals surface area contributed by atoms with Gasteiger partial charge in [-0.15, -0.1) is 11.3 Å². The van der Waals surface area contributed by atoms with Gasteiger partial charge in [-0.25, -0.2) is 14.5 Å². The Morgan fingerprint density at radius 1 is 1.29 bits per heavy atom. The van der Waals surface area contributed by atoms with Gasteiger partial charge in [0.15, 0.2) is 0 Å². The van der Waals surface area contributed by atoms with Crippen molar-refractivity contribution in [3.8, 4) is 11.5 Å². The van der Waals surface area contributed by atoms with Crippen molar-refractivity contribution in [2.75, 3.05) is 6.54 Å². The molecule has 0 aliphatic rings. The van der Waals surface area contributed by atoms with E-state index in [0.717, 1.165) is 22.6 Å². The average Bonchev–Trinajstić information content (AvgIpc) is 3.40. The number of thiazole rings is 1. The van der Waals surface area contributed by atoms with Crippen molar-refractivity contribution >= 4 is 22.2 Å². The van der Waals surface area contributed by atoms with Gasteiger partial charge in [0, 0.05) is 23.9 Å². The molecule has 4 rings (SSSR count).